The van der Waals surface area contributed by atoms with Crippen LogP contribution in [0.15, 0.2) is 12.5 Å². The molecule has 0 bridgehead atoms. The fraction of sp³-hybridized carbons (Fsp3) is 0.636. The molecule has 0 aromatic carbocycles. The Morgan fingerprint density at radius 3 is 2.88 bits per heavy atom. The molecule has 16 heavy (non-hydrogen) atoms. The van der Waals surface area contributed by atoms with Gasteiger partial charge in [-0.25, -0.2) is 4.98 Å². The monoisotopic (exact) mass is 242 g/mol. The zero-order valence-corrected chi connectivity index (χ0v) is 10.8. The van der Waals surface area contributed by atoms with Crippen LogP contribution >= 0.6 is 11.8 Å². The summed E-state index contributed by atoms with van der Waals surface area (Å²) in [5, 5.41) is 9.00. The molecular formula is C11H18N2O2S. The molecule has 0 amide bonds. The van der Waals surface area contributed by atoms with E-state index in [1.165, 1.54) is 11.8 Å². The molecule has 1 rings (SSSR count). The Morgan fingerprint density at radius 1 is 1.62 bits per heavy atom. The van der Waals surface area contributed by atoms with Crippen molar-refractivity contribution in [3.63, 3.8) is 0 Å². The van der Waals surface area contributed by atoms with Crippen LogP contribution in [0.25, 0.3) is 0 Å². The fourth-order valence-corrected chi connectivity index (χ4v) is 2.10. The highest BCUT2D eigenvalue weighted by molar-refractivity contribution is 8.00. The summed E-state index contributed by atoms with van der Waals surface area (Å²) in [6.45, 7) is 6.49. The van der Waals surface area contributed by atoms with Crippen molar-refractivity contribution in [3.8, 4) is 0 Å². The van der Waals surface area contributed by atoms with Crippen molar-refractivity contribution in [2.24, 2.45) is 0 Å². The van der Waals surface area contributed by atoms with Crippen LogP contribution in [0.3, 0.4) is 0 Å². The molecule has 0 unspecified atom stereocenters. The summed E-state index contributed by atoms with van der Waals surface area (Å²) in [5.41, 5.74) is 1.08. The Morgan fingerprint density at radius 2 is 2.31 bits per heavy atom. The van der Waals surface area contributed by atoms with Crippen molar-refractivity contribution in [1.82, 2.24) is 9.55 Å². The van der Waals surface area contributed by atoms with Crippen LogP contribution in [0.1, 0.15) is 32.9 Å². The first-order valence-corrected chi connectivity index (χ1v) is 6.32. The fourth-order valence-electron chi connectivity index (χ4n) is 1.23. The minimum atomic E-state index is -0.779. The third-order valence-electron chi connectivity index (χ3n) is 2.36. The minimum Gasteiger partial charge on any atom is -0.480 e. The molecule has 5 heteroatoms. The van der Waals surface area contributed by atoms with Gasteiger partial charge in [0.2, 0.25) is 0 Å². The summed E-state index contributed by atoms with van der Waals surface area (Å²) in [6.07, 6.45) is 4.66. The number of aryl methyl sites for hydroxylation is 1. The zero-order valence-electron chi connectivity index (χ0n) is 9.93. The number of carbonyl (C=O) groups is 1. The van der Waals surface area contributed by atoms with Gasteiger partial charge >= 0.3 is 5.97 Å². The molecule has 1 N–H and O–H groups in total. The van der Waals surface area contributed by atoms with Crippen LogP contribution in [-0.2, 0) is 17.1 Å². The Labute approximate surface area is 100 Å². The second kappa shape index (κ2) is 5.39. The molecule has 0 aliphatic heterocycles. The lowest BCUT2D eigenvalue weighted by molar-refractivity contribution is -0.138. The number of aromatic nitrogens is 2. The Kier molecular flexibility index (Phi) is 4.41. The standard InChI is InChI=1S/C11H18N2O2S/c1-4-5-13-8-12-6-9(13)7-16-11(2,3)10(14)15/h6,8H,4-5,7H2,1-3H3,(H,14,15). The molecule has 1 heterocycles. The van der Waals surface area contributed by atoms with E-state index in [4.69, 9.17) is 5.11 Å². The van der Waals surface area contributed by atoms with Gasteiger partial charge in [0.05, 0.1) is 6.33 Å². The van der Waals surface area contributed by atoms with E-state index < -0.39 is 10.7 Å². The van der Waals surface area contributed by atoms with Gasteiger partial charge in [0.25, 0.3) is 0 Å². The Bertz CT molecular complexity index is 361. The first-order valence-electron chi connectivity index (χ1n) is 5.33. The van der Waals surface area contributed by atoms with E-state index in [1.54, 1.807) is 26.4 Å². The highest BCUT2D eigenvalue weighted by Crippen LogP contribution is 2.28. The number of aliphatic carboxylic acids is 1. The highest BCUT2D eigenvalue weighted by Gasteiger charge is 2.27. The van der Waals surface area contributed by atoms with Crippen LogP contribution in [0, 0.1) is 0 Å². The minimum absolute atomic E-state index is 0.680. The van der Waals surface area contributed by atoms with Gasteiger partial charge in [-0.1, -0.05) is 6.92 Å². The van der Waals surface area contributed by atoms with Crippen molar-refractivity contribution >= 4 is 17.7 Å². The van der Waals surface area contributed by atoms with Crippen molar-refractivity contribution in [3.05, 3.63) is 18.2 Å². The summed E-state index contributed by atoms with van der Waals surface area (Å²) in [5.74, 6) is -0.0988. The van der Waals surface area contributed by atoms with E-state index in [0.29, 0.717) is 5.75 Å². The molecule has 0 spiro atoms. The molecule has 1 aromatic rings. The van der Waals surface area contributed by atoms with Gasteiger partial charge in [-0.05, 0) is 20.3 Å². The first-order chi connectivity index (χ1) is 7.47. The lowest BCUT2D eigenvalue weighted by atomic mass is 10.2. The highest BCUT2D eigenvalue weighted by atomic mass is 32.2. The number of hydrogen-bond acceptors (Lipinski definition) is 3. The van der Waals surface area contributed by atoms with Gasteiger partial charge in [-0.3, -0.25) is 4.79 Å². The smallest absolute Gasteiger partial charge is 0.319 e. The third-order valence-corrected chi connectivity index (χ3v) is 3.70. The van der Waals surface area contributed by atoms with E-state index in [2.05, 4.69) is 16.5 Å². The van der Waals surface area contributed by atoms with Crippen LogP contribution in [0.5, 0.6) is 0 Å². The predicted molar refractivity (Wildman–Crippen MR) is 65.5 cm³/mol. The van der Waals surface area contributed by atoms with Gasteiger partial charge < -0.3 is 9.67 Å². The van der Waals surface area contributed by atoms with E-state index >= 15 is 0 Å². The molecule has 0 saturated heterocycles. The maximum Gasteiger partial charge on any atom is 0.319 e. The SMILES string of the molecule is CCCn1cncc1CSC(C)(C)C(=O)O. The van der Waals surface area contributed by atoms with Crippen molar-refractivity contribution in [1.29, 1.82) is 0 Å². The van der Waals surface area contributed by atoms with Gasteiger partial charge in [-0.2, -0.15) is 0 Å². The molecule has 0 radical (unpaired) electrons. The van der Waals surface area contributed by atoms with E-state index in [1.807, 2.05) is 0 Å². The summed E-state index contributed by atoms with van der Waals surface area (Å²) in [7, 11) is 0. The van der Waals surface area contributed by atoms with Crippen molar-refractivity contribution in [2.75, 3.05) is 0 Å². The van der Waals surface area contributed by atoms with Crippen molar-refractivity contribution < 1.29 is 9.90 Å². The van der Waals surface area contributed by atoms with E-state index in [9.17, 15) is 4.79 Å². The molecule has 0 saturated carbocycles. The molecule has 0 atom stereocenters. The number of imidazole rings is 1. The summed E-state index contributed by atoms with van der Waals surface area (Å²) in [6, 6.07) is 0. The van der Waals surface area contributed by atoms with Crippen LogP contribution in [0.4, 0.5) is 0 Å². The maximum atomic E-state index is 10.9. The average Bonchev–Trinajstić information content (AvgIpc) is 2.63. The number of thioether (sulfide) groups is 1. The maximum absolute atomic E-state index is 10.9. The average molecular weight is 242 g/mol. The number of carboxylic acids is 1. The van der Waals surface area contributed by atoms with E-state index in [0.717, 1.165) is 18.7 Å². The van der Waals surface area contributed by atoms with Gasteiger partial charge in [-0.15, -0.1) is 11.8 Å². The van der Waals surface area contributed by atoms with Gasteiger partial charge in [0.1, 0.15) is 4.75 Å². The first kappa shape index (κ1) is 13.1. The van der Waals surface area contributed by atoms with Crippen LogP contribution < -0.4 is 0 Å². The Hall–Kier alpha value is -0.970. The second-order valence-corrected chi connectivity index (χ2v) is 5.78. The summed E-state index contributed by atoms with van der Waals surface area (Å²) < 4.78 is 1.33. The van der Waals surface area contributed by atoms with Gasteiger partial charge in [0.15, 0.2) is 0 Å². The zero-order chi connectivity index (χ0) is 12.2. The molecule has 90 valence electrons. The molecule has 4 nitrogen and oxygen atoms in total. The molecule has 1 aromatic heterocycles. The van der Waals surface area contributed by atoms with Crippen LogP contribution in [-0.4, -0.2) is 25.4 Å². The molecule has 0 aliphatic carbocycles. The quantitative estimate of drug-likeness (QED) is 0.832. The normalized spacial score (nSPS) is 11.7. The number of rotatable bonds is 6. The molecule has 0 aliphatic rings. The van der Waals surface area contributed by atoms with Crippen molar-refractivity contribution in [2.45, 2.75) is 44.2 Å². The predicted octanol–water partition coefficient (Wildman–Crippen LogP) is 2.39. The molecular weight excluding hydrogens is 224 g/mol. The van der Waals surface area contributed by atoms with Crippen LogP contribution in [0.2, 0.25) is 0 Å². The summed E-state index contributed by atoms with van der Waals surface area (Å²) in [4.78, 5) is 15.0. The molecule has 0 fully saturated rings. The lowest BCUT2D eigenvalue weighted by Crippen LogP contribution is -2.27. The third kappa shape index (κ3) is 3.27. The Balaban J connectivity index is 2.60. The van der Waals surface area contributed by atoms with Gasteiger partial charge in [0, 0.05) is 24.2 Å². The topological polar surface area (TPSA) is 55.1 Å². The van der Waals surface area contributed by atoms with E-state index in [-0.39, 0.29) is 0 Å². The number of nitrogens with zero attached hydrogens (tertiary/aromatic N) is 2. The number of hydrogen-bond donors (Lipinski definition) is 1. The summed E-state index contributed by atoms with van der Waals surface area (Å²) >= 11 is 1.42. The number of carboxylic acid groups (broad SMARTS) is 1. The lowest BCUT2D eigenvalue weighted by Gasteiger charge is -2.18. The second-order valence-electron chi connectivity index (χ2n) is 4.18. The largest absolute Gasteiger partial charge is 0.480 e.